The van der Waals surface area contributed by atoms with Gasteiger partial charge in [-0.15, -0.1) is 0 Å². The van der Waals surface area contributed by atoms with E-state index in [-0.39, 0.29) is 0 Å². The molecule has 3 heterocycles. The molecule has 3 nitrogen and oxygen atoms in total. The standard InChI is InChI=1S/C10H10N3/c1-2-4-13-8(3-1)5-9-10(13)6-11-7-12-9/h6-7H,1-4H2. The molecule has 0 N–H and O–H groups in total. The number of hydrogen-bond acceptors (Lipinski definition) is 2. The summed E-state index contributed by atoms with van der Waals surface area (Å²) in [4.78, 5) is 8.24. The molecule has 0 aliphatic carbocycles. The molecule has 0 unspecified atom stereocenters. The lowest BCUT2D eigenvalue weighted by molar-refractivity contribution is 0.544. The molecule has 65 valence electrons. The fraction of sp³-hybridized carbons (Fsp3) is 0.400. The van der Waals surface area contributed by atoms with Crippen LogP contribution in [0, 0.1) is 6.07 Å². The summed E-state index contributed by atoms with van der Waals surface area (Å²) in [6, 6.07) is 3.33. The van der Waals surface area contributed by atoms with Crippen molar-refractivity contribution < 1.29 is 0 Å². The van der Waals surface area contributed by atoms with Gasteiger partial charge in [-0.25, -0.2) is 9.97 Å². The molecule has 0 fully saturated rings. The van der Waals surface area contributed by atoms with Crippen molar-refractivity contribution in [2.75, 3.05) is 0 Å². The predicted octanol–water partition coefficient (Wildman–Crippen LogP) is 1.57. The molecule has 1 aliphatic heterocycles. The molecule has 1 aliphatic rings. The number of aromatic nitrogens is 3. The molecule has 1 radical (unpaired) electrons. The van der Waals surface area contributed by atoms with Gasteiger partial charge in [0.2, 0.25) is 0 Å². The summed E-state index contributed by atoms with van der Waals surface area (Å²) in [6.07, 6.45) is 7.15. The van der Waals surface area contributed by atoms with Crippen LogP contribution in [0.2, 0.25) is 0 Å². The average molecular weight is 172 g/mol. The molecule has 2 aromatic rings. The molecule has 0 atom stereocenters. The van der Waals surface area contributed by atoms with E-state index < -0.39 is 0 Å². The Hall–Kier alpha value is -1.38. The van der Waals surface area contributed by atoms with Crippen LogP contribution in [0.25, 0.3) is 11.0 Å². The summed E-state index contributed by atoms with van der Waals surface area (Å²) in [5, 5.41) is 0. The Labute approximate surface area is 76.4 Å². The minimum atomic E-state index is 0.965. The van der Waals surface area contributed by atoms with Gasteiger partial charge in [0.15, 0.2) is 0 Å². The van der Waals surface area contributed by atoms with Crippen LogP contribution in [0.1, 0.15) is 18.5 Å². The van der Waals surface area contributed by atoms with Crippen molar-refractivity contribution in [2.45, 2.75) is 25.8 Å². The minimum absolute atomic E-state index is 0.965. The summed E-state index contributed by atoms with van der Waals surface area (Å²) < 4.78 is 2.29. The van der Waals surface area contributed by atoms with E-state index in [1.165, 1.54) is 18.5 Å². The second-order valence-corrected chi connectivity index (χ2v) is 3.44. The van der Waals surface area contributed by atoms with E-state index >= 15 is 0 Å². The van der Waals surface area contributed by atoms with E-state index in [9.17, 15) is 0 Å². The van der Waals surface area contributed by atoms with Gasteiger partial charge in [0.25, 0.3) is 0 Å². The summed E-state index contributed by atoms with van der Waals surface area (Å²) in [7, 11) is 0. The lowest BCUT2D eigenvalue weighted by Gasteiger charge is -2.14. The van der Waals surface area contributed by atoms with Crippen LogP contribution in [0.3, 0.4) is 0 Å². The minimum Gasteiger partial charge on any atom is -0.341 e. The van der Waals surface area contributed by atoms with Gasteiger partial charge in [-0.1, -0.05) is 0 Å². The van der Waals surface area contributed by atoms with Crippen LogP contribution in [0.4, 0.5) is 0 Å². The number of fused-ring (bicyclic) bond motifs is 3. The quantitative estimate of drug-likeness (QED) is 0.604. The highest BCUT2D eigenvalue weighted by molar-refractivity contribution is 5.75. The maximum atomic E-state index is 4.20. The summed E-state index contributed by atoms with van der Waals surface area (Å²) in [5.41, 5.74) is 3.39. The van der Waals surface area contributed by atoms with Crippen molar-refractivity contribution in [3.63, 3.8) is 0 Å². The molecule has 0 saturated heterocycles. The molecule has 2 aromatic heterocycles. The first-order valence-electron chi connectivity index (χ1n) is 4.65. The van der Waals surface area contributed by atoms with Gasteiger partial charge >= 0.3 is 0 Å². The predicted molar refractivity (Wildman–Crippen MR) is 49.3 cm³/mol. The first-order chi connectivity index (χ1) is 6.45. The van der Waals surface area contributed by atoms with Gasteiger partial charge in [-0.3, -0.25) is 0 Å². The van der Waals surface area contributed by atoms with Crippen molar-refractivity contribution in [3.8, 4) is 0 Å². The van der Waals surface area contributed by atoms with Crippen LogP contribution in [0.15, 0.2) is 12.5 Å². The average Bonchev–Trinajstić information content (AvgIpc) is 2.56. The largest absolute Gasteiger partial charge is 0.341 e. The van der Waals surface area contributed by atoms with E-state index in [0.717, 1.165) is 24.0 Å². The van der Waals surface area contributed by atoms with Crippen LogP contribution in [-0.2, 0) is 13.0 Å². The van der Waals surface area contributed by atoms with Crippen molar-refractivity contribution in [3.05, 3.63) is 24.3 Å². The molecule has 0 amide bonds. The fourth-order valence-corrected chi connectivity index (χ4v) is 1.98. The lowest BCUT2D eigenvalue weighted by Crippen LogP contribution is -2.09. The van der Waals surface area contributed by atoms with Crippen molar-refractivity contribution in [1.29, 1.82) is 0 Å². The second kappa shape index (κ2) is 2.55. The first-order valence-corrected chi connectivity index (χ1v) is 4.65. The van der Waals surface area contributed by atoms with E-state index in [0.29, 0.717) is 0 Å². The third kappa shape index (κ3) is 0.963. The Morgan fingerprint density at radius 2 is 2.38 bits per heavy atom. The zero-order valence-electron chi connectivity index (χ0n) is 7.32. The van der Waals surface area contributed by atoms with Crippen LogP contribution in [0.5, 0.6) is 0 Å². The number of hydrogen-bond donors (Lipinski definition) is 0. The van der Waals surface area contributed by atoms with Gasteiger partial charge in [0.05, 0.1) is 17.2 Å². The van der Waals surface area contributed by atoms with Gasteiger partial charge < -0.3 is 4.57 Å². The van der Waals surface area contributed by atoms with Gasteiger partial charge in [0, 0.05) is 18.3 Å². The van der Waals surface area contributed by atoms with Crippen molar-refractivity contribution >= 4 is 11.0 Å². The van der Waals surface area contributed by atoms with Crippen LogP contribution < -0.4 is 0 Å². The van der Waals surface area contributed by atoms with Crippen molar-refractivity contribution in [2.24, 2.45) is 0 Å². The SMILES string of the molecule is [c]1c2n(c3cncnc13)CCCC2. The van der Waals surface area contributed by atoms with E-state index in [2.05, 4.69) is 20.6 Å². The number of aryl methyl sites for hydroxylation is 2. The summed E-state index contributed by atoms with van der Waals surface area (Å²) >= 11 is 0. The Kier molecular flexibility index (Phi) is 1.39. The molecule has 0 bridgehead atoms. The smallest absolute Gasteiger partial charge is 0.116 e. The van der Waals surface area contributed by atoms with Gasteiger partial charge in [-0.05, 0) is 19.3 Å². The second-order valence-electron chi connectivity index (χ2n) is 3.44. The zero-order chi connectivity index (χ0) is 8.67. The monoisotopic (exact) mass is 172 g/mol. The van der Waals surface area contributed by atoms with E-state index in [4.69, 9.17) is 0 Å². The van der Waals surface area contributed by atoms with Crippen LogP contribution in [-0.4, -0.2) is 14.5 Å². The maximum absolute atomic E-state index is 4.20. The molecular weight excluding hydrogens is 162 g/mol. The Morgan fingerprint density at radius 3 is 3.38 bits per heavy atom. The summed E-state index contributed by atoms with van der Waals surface area (Å²) in [6.45, 7) is 1.10. The Morgan fingerprint density at radius 1 is 1.38 bits per heavy atom. The third-order valence-corrected chi connectivity index (χ3v) is 2.62. The van der Waals surface area contributed by atoms with Crippen molar-refractivity contribution in [1.82, 2.24) is 14.5 Å². The van der Waals surface area contributed by atoms with E-state index in [1.807, 2.05) is 6.20 Å². The number of rotatable bonds is 0. The Bertz CT molecular complexity index is 444. The molecule has 3 rings (SSSR count). The maximum Gasteiger partial charge on any atom is 0.116 e. The summed E-state index contributed by atoms with van der Waals surface area (Å²) in [5.74, 6) is 0. The van der Waals surface area contributed by atoms with Gasteiger partial charge in [-0.2, -0.15) is 0 Å². The molecule has 0 aromatic carbocycles. The lowest BCUT2D eigenvalue weighted by atomic mass is 10.1. The van der Waals surface area contributed by atoms with Gasteiger partial charge in [0.1, 0.15) is 6.33 Å². The molecule has 0 saturated carbocycles. The Balaban J connectivity index is 2.34. The molecule has 0 spiro atoms. The molecule has 3 heteroatoms. The first kappa shape index (κ1) is 7.06. The zero-order valence-corrected chi connectivity index (χ0v) is 7.32. The topological polar surface area (TPSA) is 30.7 Å². The van der Waals surface area contributed by atoms with E-state index in [1.54, 1.807) is 6.33 Å². The number of nitrogens with zero attached hydrogens (tertiary/aromatic N) is 3. The molecule has 13 heavy (non-hydrogen) atoms. The highest BCUT2D eigenvalue weighted by Gasteiger charge is 2.13. The highest BCUT2D eigenvalue weighted by atomic mass is 15.0. The fourth-order valence-electron chi connectivity index (χ4n) is 1.98. The highest BCUT2D eigenvalue weighted by Crippen LogP contribution is 2.22. The molecular formula is C10H10N3. The normalized spacial score (nSPS) is 16.0. The third-order valence-electron chi connectivity index (χ3n) is 2.62. The van der Waals surface area contributed by atoms with Crippen LogP contribution >= 0.6 is 0 Å².